The summed E-state index contributed by atoms with van der Waals surface area (Å²) >= 11 is 0. The van der Waals surface area contributed by atoms with Crippen molar-refractivity contribution in [3.63, 3.8) is 0 Å². The average Bonchev–Trinajstić information content (AvgIpc) is 2.43. The summed E-state index contributed by atoms with van der Waals surface area (Å²) in [7, 11) is 0. The lowest BCUT2D eigenvalue weighted by atomic mass is 10.1. The van der Waals surface area contributed by atoms with Crippen LogP contribution in [0.5, 0.6) is 0 Å². The van der Waals surface area contributed by atoms with Crippen molar-refractivity contribution in [3.8, 4) is 0 Å². The molecular formula is C11H21N3O2. The number of aliphatic hydroxyl groups excluding tert-OH is 1. The van der Waals surface area contributed by atoms with E-state index in [2.05, 4.69) is 10.2 Å². The Balaban J connectivity index is 1.81. The molecule has 0 amide bonds. The molecule has 2 aliphatic heterocycles. The summed E-state index contributed by atoms with van der Waals surface area (Å²) in [6, 6.07) is 0.308. The summed E-state index contributed by atoms with van der Waals surface area (Å²) in [6.45, 7) is 4.54. The maximum Gasteiger partial charge on any atom is 0.123 e. The number of rotatable bonds is 2. The Morgan fingerprint density at radius 3 is 2.88 bits per heavy atom. The van der Waals surface area contributed by atoms with E-state index in [1.807, 2.05) is 0 Å². The molecule has 0 saturated carbocycles. The lowest BCUT2D eigenvalue weighted by Crippen LogP contribution is -2.47. The highest BCUT2D eigenvalue weighted by molar-refractivity contribution is 5.83. The van der Waals surface area contributed by atoms with Gasteiger partial charge >= 0.3 is 0 Å². The van der Waals surface area contributed by atoms with Gasteiger partial charge in [0.05, 0.1) is 13.2 Å². The quantitative estimate of drug-likeness (QED) is 0.611. The van der Waals surface area contributed by atoms with Crippen molar-refractivity contribution < 1.29 is 9.84 Å². The van der Waals surface area contributed by atoms with Gasteiger partial charge in [0.1, 0.15) is 11.9 Å². The van der Waals surface area contributed by atoms with E-state index in [4.69, 9.17) is 10.1 Å². The van der Waals surface area contributed by atoms with Gasteiger partial charge < -0.3 is 15.2 Å². The van der Waals surface area contributed by atoms with Crippen molar-refractivity contribution in [2.24, 2.45) is 0 Å². The Kier molecular flexibility index (Phi) is 4.15. The molecule has 0 aromatic rings. The Hall–Kier alpha value is -0.650. The van der Waals surface area contributed by atoms with Crippen molar-refractivity contribution in [2.75, 3.05) is 32.8 Å². The number of nitrogens with zero attached hydrogens (tertiary/aromatic N) is 1. The first-order chi connectivity index (χ1) is 7.75. The lowest BCUT2D eigenvalue weighted by molar-refractivity contribution is 0.0341. The normalized spacial score (nSPS) is 33.2. The third kappa shape index (κ3) is 3.17. The minimum absolute atomic E-state index is 0.288. The maximum absolute atomic E-state index is 9.56. The van der Waals surface area contributed by atoms with E-state index in [9.17, 15) is 5.11 Å². The monoisotopic (exact) mass is 227 g/mol. The van der Waals surface area contributed by atoms with Crippen LogP contribution in [0.3, 0.4) is 0 Å². The Morgan fingerprint density at radius 1 is 1.38 bits per heavy atom. The minimum atomic E-state index is -0.588. The minimum Gasteiger partial charge on any atom is -0.385 e. The van der Waals surface area contributed by atoms with Crippen LogP contribution in [0.25, 0.3) is 0 Å². The van der Waals surface area contributed by atoms with Crippen LogP contribution < -0.4 is 5.32 Å². The summed E-state index contributed by atoms with van der Waals surface area (Å²) in [4.78, 5) is 2.37. The summed E-state index contributed by atoms with van der Waals surface area (Å²) in [5.41, 5.74) is 0. The molecule has 0 aliphatic carbocycles. The van der Waals surface area contributed by atoms with Crippen LogP contribution in [0, 0.1) is 5.41 Å². The molecular weight excluding hydrogens is 206 g/mol. The molecule has 2 saturated heterocycles. The van der Waals surface area contributed by atoms with Gasteiger partial charge in [0.25, 0.3) is 0 Å². The fraction of sp³-hybridized carbons (Fsp3) is 0.909. The summed E-state index contributed by atoms with van der Waals surface area (Å²) in [6.07, 6.45) is 2.16. The van der Waals surface area contributed by atoms with Crippen molar-refractivity contribution >= 4 is 5.84 Å². The zero-order valence-corrected chi connectivity index (χ0v) is 9.61. The number of ether oxygens (including phenoxy) is 1. The highest BCUT2D eigenvalue weighted by Crippen LogP contribution is 2.12. The summed E-state index contributed by atoms with van der Waals surface area (Å²) in [5.74, 6) is 0.288. The topological polar surface area (TPSA) is 68.6 Å². The van der Waals surface area contributed by atoms with Crippen molar-refractivity contribution in [2.45, 2.75) is 31.4 Å². The predicted molar refractivity (Wildman–Crippen MR) is 61.8 cm³/mol. The third-order valence-corrected chi connectivity index (χ3v) is 3.31. The second kappa shape index (κ2) is 5.61. The van der Waals surface area contributed by atoms with Crippen LogP contribution in [0.1, 0.15) is 19.3 Å². The van der Waals surface area contributed by atoms with Crippen LogP contribution in [0.4, 0.5) is 0 Å². The molecule has 2 unspecified atom stereocenters. The summed E-state index contributed by atoms with van der Waals surface area (Å²) < 4.78 is 5.31. The van der Waals surface area contributed by atoms with Gasteiger partial charge in [-0.2, -0.15) is 0 Å². The van der Waals surface area contributed by atoms with E-state index in [1.54, 1.807) is 0 Å². The van der Waals surface area contributed by atoms with Crippen LogP contribution >= 0.6 is 0 Å². The van der Waals surface area contributed by atoms with Gasteiger partial charge in [0.2, 0.25) is 0 Å². The van der Waals surface area contributed by atoms with Crippen molar-refractivity contribution in [1.29, 1.82) is 5.41 Å². The maximum atomic E-state index is 9.56. The van der Waals surface area contributed by atoms with Gasteiger partial charge in [-0.05, 0) is 19.3 Å². The lowest BCUT2D eigenvalue weighted by Gasteiger charge is -2.30. The predicted octanol–water partition coefficient (Wildman–Crippen LogP) is -0.201. The van der Waals surface area contributed by atoms with E-state index in [-0.39, 0.29) is 5.84 Å². The van der Waals surface area contributed by atoms with Gasteiger partial charge in [-0.3, -0.25) is 10.3 Å². The largest absolute Gasteiger partial charge is 0.385 e. The molecule has 5 heteroatoms. The molecule has 2 atom stereocenters. The molecule has 16 heavy (non-hydrogen) atoms. The number of nitrogens with one attached hydrogen (secondary N) is 2. The molecule has 3 N–H and O–H groups in total. The van der Waals surface area contributed by atoms with Crippen LogP contribution in [0.15, 0.2) is 0 Å². The van der Waals surface area contributed by atoms with E-state index in [0.29, 0.717) is 12.5 Å². The number of aliphatic hydroxyl groups is 1. The van der Waals surface area contributed by atoms with Gasteiger partial charge in [0, 0.05) is 25.7 Å². The van der Waals surface area contributed by atoms with Gasteiger partial charge in [-0.15, -0.1) is 0 Å². The molecule has 0 aromatic heterocycles. The number of hydrogen-bond acceptors (Lipinski definition) is 4. The zero-order chi connectivity index (χ0) is 11.4. The highest BCUT2D eigenvalue weighted by atomic mass is 16.5. The molecule has 2 fully saturated rings. The number of amidine groups is 1. The zero-order valence-electron chi connectivity index (χ0n) is 9.61. The Morgan fingerprint density at radius 2 is 2.12 bits per heavy atom. The van der Waals surface area contributed by atoms with Crippen LogP contribution in [0.2, 0.25) is 0 Å². The van der Waals surface area contributed by atoms with Crippen molar-refractivity contribution in [3.05, 3.63) is 0 Å². The molecule has 2 rings (SSSR count). The first-order valence-corrected chi connectivity index (χ1v) is 6.09. The first kappa shape index (κ1) is 11.8. The van der Waals surface area contributed by atoms with Gasteiger partial charge in [-0.1, -0.05) is 0 Å². The second-order valence-corrected chi connectivity index (χ2v) is 4.61. The smallest absolute Gasteiger partial charge is 0.123 e. The summed E-state index contributed by atoms with van der Waals surface area (Å²) in [5, 5.41) is 20.4. The van der Waals surface area contributed by atoms with Gasteiger partial charge in [-0.25, -0.2) is 0 Å². The van der Waals surface area contributed by atoms with Crippen molar-refractivity contribution in [1.82, 2.24) is 10.2 Å². The SMILES string of the molecule is N=C1NC(CN2CCOCC2)CCCC1O. The standard InChI is InChI=1S/C11H21N3O2/c12-11-10(15)3-1-2-9(13-11)8-14-4-6-16-7-5-14/h9-10,15H,1-8H2,(H2,12,13). The van der Waals surface area contributed by atoms with E-state index in [0.717, 1.165) is 45.7 Å². The molecule has 5 nitrogen and oxygen atoms in total. The Labute approximate surface area is 96.3 Å². The first-order valence-electron chi connectivity index (χ1n) is 6.09. The molecule has 0 spiro atoms. The van der Waals surface area contributed by atoms with Crippen LogP contribution in [-0.2, 0) is 4.74 Å². The fourth-order valence-electron chi connectivity index (χ4n) is 2.32. The molecule has 0 aromatic carbocycles. The molecule has 2 aliphatic rings. The van der Waals surface area contributed by atoms with E-state index < -0.39 is 6.10 Å². The third-order valence-electron chi connectivity index (χ3n) is 3.31. The molecule has 0 radical (unpaired) electrons. The highest BCUT2D eigenvalue weighted by Gasteiger charge is 2.23. The molecule has 92 valence electrons. The van der Waals surface area contributed by atoms with E-state index in [1.165, 1.54) is 0 Å². The number of morpholine rings is 1. The van der Waals surface area contributed by atoms with Crippen LogP contribution in [-0.4, -0.2) is 60.8 Å². The second-order valence-electron chi connectivity index (χ2n) is 4.61. The number of hydrogen-bond donors (Lipinski definition) is 3. The van der Waals surface area contributed by atoms with E-state index >= 15 is 0 Å². The Bertz CT molecular complexity index is 241. The molecule has 0 bridgehead atoms. The average molecular weight is 227 g/mol. The van der Waals surface area contributed by atoms with Gasteiger partial charge in [0.15, 0.2) is 0 Å². The molecule has 2 heterocycles. The fourth-order valence-corrected chi connectivity index (χ4v) is 2.32.